The Labute approximate surface area is 208 Å². The molecule has 0 atom stereocenters. The van der Waals surface area contributed by atoms with Gasteiger partial charge in [0.15, 0.2) is 5.65 Å². The lowest BCUT2D eigenvalue weighted by Crippen LogP contribution is -2.33. The highest BCUT2D eigenvalue weighted by Gasteiger charge is 2.27. The van der Waals surface area contributed by atoms with Crippen LogP contribution >= 0.6 is 0 Å². The van der Waals surface area contributed by atoms with Gasteiger partial charge in [-0.05, 0) is 67.9 Å². The maximum absolute atomic E-state index is 12.6. The third-order valence-electron chi connectivity index (χ3n) is 6.78. The van der Waals surface area contributed by atoms with Gasteiger partial charge in [0.2, 0.25) is 5.88 Å². The number of aryl methyl sites for hydroxylation is 1. The fourth-order valence-corrected chi connectivity index (χ4v) is 4.54. The highest BCUT2D eigenvalue weighted by atomic mass is 16.5. The quantitative estimate of drug-likeness (QED) is 0.347. The van der Waals surface area contributed by atoms with Crippen LogP contribution in [0.5, 0.6) is 11.6 Å². The fourth-order valence-electron chi connectivity index (χ4n) is 4.54. The number of amides is 1. The minimum Gasteiger partial charge on any atom is -0.437 e. The number of aliphatic hydroxyl groups is 1. The monoisotopic (exact) mass is 484 g/mol. The molecule has 2 aliphatic carbocycles. The molecular weight excluding hydrogens is 456 g/mol. The van der Waals surface area contributed by atoms with E-state index < -0.39 is 0 Å². The van der Waals surface area contributed by atoms with Gasteiger partial charge in [0.25, 0.3) is 5.91 Å². The smallest absolute Gasteiger partial charge is 0.251 e. The maximum atomic E-state index is 12.6. The van der Waals surface area contributed by atoms with Gasteiger partial charge in [-0.15, -0.1) is 0 Å². The second-order valence-corrected chi connectivity index (χ2v) is 9.71. The molecule has 2 fully saturated rings. The molecule has 0 spiro atoms. The number of aliphatic hydroxyl groups excluding tert-OH is 1. The summed E-state index contributed by atoms with van der Waals surface area (Å²) >= 11 is 0. The lowest BCUT2D eigenvalue weighted by molar-refractivity contribution is 0.0486. The van der Waals surface area contributed by atoms with Crippen molar-refractivity contribution < 1.29 is 14.6 Å². The van der Waals surface area contributed by atoms with Crippen LogP contribution in [0.3, 0.4) is 0 Å². The first-order chi connectivity index (χ1) is 17.5. The summed E-state index contributed by atoms with van der Waals surface area (Å²) in [5, 5.41) is 20.8. The van der Waals surface area contributed by atoms with Crippen molar-refractivity contribution in [3.05, 3.63) is 66.1 Å². The van der Waals surface area contributed by atoms with E-state index in [2.05, 4.69) is 20.7 Å². The molecule has 0 bridgehead atoms. The molecule has 0 unspecified atom stereocenters. The molecule has 2 saturated carbocycles. The minimum absolute atomic E-state index is 0.0284. The van der Waals surface area contributed by atoms with Gasteiger partial charge in [0.1, 0.15) is 11.6 Å². The molecule has 6 rings (SSSR count). The van der Waals surface area contributed by atoms with Crippen molar-refractivity contribution >= 4 is 17.4 Å². The number of anilines is 1. The molecule has 2 aliphatic rings. The number of nitrogens with zero attached hydrogens (tertiary/aromatic N) is 4. The first kappa shape index (κ1) is 22.5. The summed E-state index contributed by atoms with van der Waals surface area (Å²) in [6.45, 7) is 2.67. The van der Waals surface area contributed by atoms with E-state index in [9.17, 15) is 9.90 Å². The van der Waals surface area contributed by atoms with Crippen molar-refractivity contribution in [3.8, 4) is 22.8 Å². The van der Waals surface area contributed by atoms with Crippen molar-refractivity contribution in [2.45, 2.75) is 44.8 Å². The van der Waals surface area contributed by atoms with Crippen LogP contribution in [-0.2, 0) is 0 Å². The van der Waals surface area contributed by atoms with E-state index in [1.54, 1.807) is 23.1 Å². The Morgan fingerprint density at radius 3 is 2.78 bits per heavy atom. The molecule has 1 amide bonds. The van der Waals surface area contributed by atoms with Gasteiger partial charge in [-0.3, -0.25) is 9.78 Å². The Hall–Kier alpha value is -3.98. The molecule has 0 radical (unpaired) electrons. The predicted molar refractivity (Wildman–Crippen MR) is 135 cm³/mol. The van der Waals surface area contributed by atoms with Gasteiger partial charge in [0.05, 0.1) is 18.5 Å². The van der Waals surface area contributed by atoms with Crippen LogP contribution < -0.4 is 15.4 Å². The van der Waals surface area contributed by atoms with Crippen molar-refractivity contribution in [2.75, 3.05) is 11.9 Å². The first-order valence-electron chi connectivity index (χ1n) is 12.3. The number of hydrogen-bond donors (Lipinski definition) is 3. The molecule has 3 heterocycles. The zero-order valence-electron chi connectivity index (χ0n) is 20.0. The lowest BCUT2D eigenvalue weighted by Gasteiger charge is -2.31. The maximum Gasteiger partial charge on any atom is 0.251 e. The summed E-state index contributed by atoms with van der Waals surface area (Å²) in [7, 11) is 0. The van der Waals surface area contributed by atoms with E-state index in [-0.39, 0.29) is 12.0 Å². The number of ether oxygens (including phenoxy) is 1. The van der Waals surface area contributed by atoms with Gasteiger partial charge in [-0.25, -0.2) is 0 Å². The molecule has 36 heavy (non-hydrogen) atoms. The largest absolute Gasteiger partial charge is 0.437 e. The number of pyridine rings is 1. The number of carbonyl (C=O) groups excluding carboxylic acids is 1. The Kier molecular flexibility index (Phi) is 5.77. The van der Waals surface area contributed by atoms with Crippen LogP contribution in [0.2, 0.25) is 0 Å². The average molecular weight is 485 g/mol. The van der Waals surface area contributed by atoms with E-state index in [0.29, 0.717) is 34.8 Å². The highest BCUT2D eigenvalue weighted by Crippen LogP contribution is 2.32. The highest BCUT2D eigenvalue weighted by molar-refractivity contribution is 5.97. The Morgan fingerprint density at radius 2 is 2.06 bits per heavy atom. The number of carbonyl (C=O) groups is 1. The van der Waals surface area contributed by atoms with E-state index in [0.717, 1.165) is 54.7 Å². The molecule has 3 N–H and O–H groups in total. The fraction of sp³-hybridized carbons (Fsp3) is 0.333. The van der Waals surface area contributed by atoms with Crippen LogP contribution in [-0.4, -0.2) is 49.3 Å². The van der Waals surface area contributed by atoms with E-state index >= 15 is 0 Å². The number of aromatic nitrogens is 4. The molecule has 0 saturated heterocycles. The molecule has 184 valence electrons. The van der Waals surface area contributed by atoms with Crippen LogP contribution in [0, 0.1) is 12.8 Å². The van der Waals surface area contributed by atoms with Crippen molar-refractivity contribution in [1.29, 1.82) is 0 Å². The zero-order chi connectivity index (χ0) is 24.6. The second-order valence-electron chi connectivity index (χ2n) is 9.71. The van der Waals surface area contributed by atoms with Crippen molar-refractivity contribution in [1.82, 2.24) is 24.9 Å². The number of rotatable bonds is 8. The Bertz CT molecular complexity index is 1410. The third-order valence-corrected chi connectivity index (χ3v) is 6.78. The number of hydrogen-bond acceptors (Lipinski definition) is 7. The Morgan fingerprint density at radius 1 is 1.19 bits per heavy atom. The van der Waals surface area contributed by atoms with Crippen molar-refractivity contribution in [3.63, 3.8) is 0 Å². The van der Waals surface area contributed by atoms with E-state index in [1.165, 1.54) is 0 Å². The molecule has 0 aliphatic heterocycles. The lowest BCUT2D eigenvalue weighted by atomic mass is 9.82. The number of benzene rings is 1. The second kappa shape index (κ2) is 9.23. The van der Waals surface area contributed by atoms with E-state index in [4.69, 9.17) is 9.72 Å². The Balaban J connectivity index is 1.34. The minimum atomic E-state index is -0.201. The molecule has 4 aromatic rings. The summed E-state index contributed by atoms with van der Waals surface area (Å²) in [5.41, 5.74) is 3.98. The molecular formula is C27H28N6O3. The van der Waals surface area contributed by atoms with Gasteiger partial charge in [-0.1, -0.05) is 12.1 Å². The van der Waals surface area contributed by atoms with Crippen LogP contribution in [0.4, 0.5) is 5.82 Å². The van der Waals surface area contributed by atoms with Gasteiger partial charge >= 0.3 is 0 Å². The zero-order valence-corrected chi connectivity index (χ0v) is 20.0. The van der Waals surface area contributed by atoms with Crippen LogP contribution in [0.15, 0.2) is 55.0 Å². The molecule has 9 nitrogen and oxygen atoms in total. The summed E-state index contributed by atoms with van der Waals surface area (Å²) < 4.78 is 7.79. The number of nitrogens with one attached hydrogen (secondary N) is 2. The van der Waals surface area contributed by atoms with Gasteiger partial charge in [0, 0.05) is 36.0 Å². The summed E-state index contributed by atoms with van der Waals surface area (Å²) in [4.78, 5) is 21.5. The van der Waals surface area contributed by atoms with Crippen LogP contribution in [0.1, 0.15) is 41.6 Å². The molecule has 1 aromatic carbocycles. The number of fused-ring (bicyclic) bond motifs is 1. The summed E-state index contributed by atoms with van der Waals surface area (Å²) in [5.74, 6) is 2.15. The summed E-state index contributed by atoms with van der Waals surface area (Å²) in [6.07, 6.45) is 8.61. The first-order valence-corrected chi connectivity index (χ1v) is 12.3. The van der Waals surface area contributed by atoms with Crippen LogP contribution in [0.25, 0.3) is 16.8 Å². The van der Waals surface area contributed by atoms with Gasteiger partial charge < -0.3 is 20.5 Å². The summed E-state index contributed by atoms with van der Waals surface area (Å²) in [6, 6.07) is 11.6. The SMILES string of the molecule is Cc1cc(-c2cnn3c(NC[C@H]4C[C@@H](O)C4)cc(Oc4cccnc4)nc23)ccc1C(=O)NC1CC1. The normalized spacial score (nSPS) is 19.1. The van der Waals surface area contributed by atoms with E-state index in [1.807, 2.05) is 43.3 Å². The third kappa shape index (κ3) is 4.61. The van der Waals surface area contributed by atoms with Crippen molar-refractivity contribution in [2.24, 2.45) is 5.92 Å². The molecule has 3 aromatic heterocycles. The standard InChI is InChI=1S/C27H28N6O3/c1-16-9-18(4-7-22(16)27(35)31-19-5-6-19)23-15-30-33-24(29-13-17-10-20(34)11-17)12-25(32-26(23)33)36-21-3-2-8-28-14-21/h2-4,7-9,12,14-15,17,19-20,29,34H,5-6,10-11,13H2,1H3,(H,31,35)/t17-,20+. The predicted octanol–water partition coefficient (Wildman–Crippen LogP) is 3.97. The average Bonchev–Trinajstić information content (AvgIpc) is 3.56. The van der Waals surface area contributed by atoms with Gasteiger partial charge in [-0.2, -0.15) is 14.6 Å². The molecule has 9 heteroatoms. The topological polar surface area (TPSA) is 114 Å².